The summed E-state index contributed by atoms with van der Waals surface area (Å²) in [5.41, 5.74) is 6.33. The second-order valence-electron chi connectivity index (χ2n) is 7.05. The Hall–Kier alpha value is -3.36. The molecule has 1 saturated heterocycles. The summed E-state index contributed by atoms with van der Waals surface area (Å²) in [6, 6.07) is 5.41. The lowest BCUT2D eigenvalue weighted by Gasteiger charge is -2.32. The van der Waals surface area contributed by atoms with Gasteiger partial charge in [-0.15, -0.1) is 0 Å². The highest BCUT2D eigenvalue weighted by molar-refractivity contribution is 5.93. The number of rotatable bonds is 5. The van der Waals surface area contributed by atoms with Crippen molar-refractivity contribution >= 4 is 11.8 Å². The predicted molar refractivity (Wildman–Crippen MR) is 100 cm³/mol. The number of carbonyl (C=O) groups is 2. The highest BCUT2D eigenvalue weighted by Crippen LogP contribution is 2.27. The van der Waals surface area contributed by atoms with E-state index in [1.54, 1.807) is 27.9 Å². The molecule has 0 bridgehead atoms. The molecule has 2 amide bonds. The lowest BCUT2D eigenvalue weighted by molar-refractivity contribution is -0.118. The maximum absolute atomic E-state index is 12.9. The van der Waals surface area contributed by atoms with E-state index < -0.39 is 5.91 Å². The minimum atomic E-state index is -0.416. The third kappa shape index (κ3) is 3.55. The van der Waals surface area contributed by atoms with Crippen molar-refractivity contribution in [2.75, 3.05) is 13.1 Å². The first-order chi connectivity index (χ1) is 13.5. The fourth-order valence-electron chi connectivity index (χ4n) is 3.65. The van der Waals surface area contributed by atoms with E-state index in [1.807, 2.05) is 19.1 Å². The molecule has 28 heavy (non-hydrogen) atoms. The topological polar surface area (TPSA) is 123 Å². The first-order valence-corrected chi connectivity index (χ1v) is 9.22. The number of hydrogen-bond acceptors (Lipinski definition) is 5. The van der Waals surface area contributed by atoms with E-state index in [-0.39, 0.29) is 18.4 Å². The van der Waals surface area contributed by atoms with Crippen molar-refractivity contribution in [2.24, 2.45) is 5.73 Å². The summed E-state index contributed by atoms with van der Waals surface area (Å²) in [4.78, 5) is 30.4. The van der Waals surface area contributed by atoms with Crippen molar-refractivity contribution in [1.29, 1.82) is 0 Å². The number of aryl methyl sites for hydroxylation is 1. The van der Waals surface area contributed by atoms with Crippen LogP contribution in [0.4, 0.5) is 0 Å². The van der Waals surface area contributed by atoms with Gasteiger partial charge < -0.3 is 19.6 Å². The molecule has 146 valence electrons. The molecule has 1 atom stereocenters. The van der Waals surface area contributed by atoms with Gasteiger partial charge in [0.05, 0.1) is 0 Å². The molecule has 0 aliphatic carbocycles. The monoisotopic (exact) mass is 382 g/mol. The number of primary amides is 1. The number of nitrogens with zero attached hydrogens (tertiary/aromatic N) is 4. The quantitative estimate of drug-likeness (QED) is 0.695. The predicted octanol–water partition coefficient (Wildman–Crippen LogP) is 1.68. The minimum Gasteiger partial charge on any atom is -0.460 e. The average Bonchev–Trinajstić information content (AvgIpc) is 3.41. The van der Waals surface area contributed by atoms with Gasteiger partial charge in [-0.1, -0.05) is 0 Å². The van der Waals surface area contributed by atoms with Crippen molar-refractivity contribution in [1.82, 2.24) is 24.6 Å². The Morgan fingerprint density at radius 1 is 1.39 bits per heavy atom. The molecule has 3 N–H and O–H groups in total. The maximum atomic E-state index is 12.9. The number of nitrogens with two attached hydrogens (primary N) is 1. The standard InChI is InChI=1S/C19H22N6O3/c1-12-4-5-16(28-12)14-9-15(23-22-14)19(27)25-7-2-3-13(10-25)18-21-6-8-24(18)11-17(20)26/h4-6,8-9,13H,2-3,7,10-11H2,1H3,(H2,20,26)(H,22,23)/t13-/m0/s1. The van der Waals surface area contributed by atoms with Crippen molar-refractivity contribution < 1.29 is 14.0 Å². The van der Waals surface area contributed by atoms with Crippen LogP contribution in [0.2, 0.25) is 0 Å². The van der Waals surface area contributed by atoms with Gasteiger partial charge in [0.1, 0.15) is 23.8 Å². The zero-order valence-corrected chi connectivity index (χ0v) is 15.6. The summed E-state index contributed by atoms with van der Waals surface area (Å²) in [6.07, 6.45) is 5.15. The molecule has 0 radical (unpaired) electrons. The van der Waals surface area contributed by atoms with Crippen LogP contribution in [0.5, 0.6) is 0 Å². The number of likely N-dealkylation sites (tertiary alicyclic amines) is 1. The summed E-state index contributed by atoms with van der Waals surface area (Å²) in [5.74, 6) is 1.73. The SMILES string of the molecule is Cc1ccc(-c2cc(C(=O)N3CCC[C@H](c4nccn4CC(N)=O)C3)n[nH]2)o1. The molecule has 4 heterocycles. The third-order valence-electron chi connectivity index (χ3n) is 4.95. The Kier molecular flexibility index (Phi) is 4.72. The Morgan fingerprint density at radius 2 is 2.25 bits per heavy atom. The van der Waals surface area contributed by atoms with Crippen LogP contribution < -0.4 is 5.73 Å². The van der Waals surface area contributed by atoms with E-state index in [0.717, 1.165) is 24.4 Å². The van der Waals surface area contributed by atoms with Crippen molar-refractivity contribution in [3.63, 3.8) is 0 Å². The second-order valence-corrected chi connectivity index (χ2v) is 7.05. The van der Waals surface area contributed by atoms with Gasteiger partial charge in [0.25, 0.3) is 5.91 Å². The van der Waals surface area contributed by atoms with E-state index >= 15 is 0 Å². The zero-order valence-electron chi connectivity index (χ0n) is 15.6. The molecule has 1 aliphatic heterocycles. The molecule has 3 aromatic rings. The number of aromatic amines is 1. The zero-order chi connectivity index (χ0) is 19.7. The molecule has 1 fully saturated rings. The van der Waals surface area contributed by atoms with E-state index in [1.165, 1.54) is 0 Å². The molecule has 0 unspecified atom stereocenters. The number of imidazole rings is 1. The highest BCUT2D eigenvalue weighted by Gasteiger charge is 2.29. The average molecular weight is 382 g/mol. The summed E-state index contributed by atoms with van der Waals surface area (Å²) in [6.45, 7) is 3.14. The van der Waals surface area contributed by atoms with Gasteiger partial charge >= 0.3 is 0 Å². The number of furan rings is 1. The molecule has 4 rings (SSSR count). The number of piperidine rings is 1. The lowest BCUT2D eigenvalue weighted by Crippen LogP contribution is -2.40. The van der Waals surface area contributed by atoms with Crippen LogP contribution in [-0.2, 0) is 11.3 Å². The van der Waals surface area contributed by atoms with Gasteiger partial charge in [-0.2, -0.15) is 5.10 Å². The second kappa shape index (κ2) is 7.34. The number of hydrogen-bond donors (Lipinski definition) is 2. The normalized spacial score (nSPS) is 17.0. The van der Waals surface area contributed by atoms with E-state index in [4.69, 9.17) is 10.2 Å². The molecular formula is C19H22N6O3. The van der Waals surface area contributed by atoms with Crippen molar-refractivity contribution in [2.45, 2.75) is 32.2 Å². The number of amides is 2. The van der Waals surface area contributed by atoms with Crippen LogP contribution in [0, 0.1) is 6.92 Å². The number of aromatic nitrogens is 4. The van der Waals surface area contributed by atoms with E-state index in [0.29, 0.717) is 30.2 Å². The molecule has 3 aromatic heterocycles. The van der Waals surface area contributed by atoms with Gasteiger partial charge in [-0.3, -0.25) is 14.7 Å². The van der Waals surface area contributed by atoms with Crippen LogP contribution >= 0.6 is 0 Å². The van der Waals surface area contributed by atoms with Crippen LogP contribution in [-0.4, -0.2) is 49.6 Å². The summed E-state index contributed by atoms with van der Waals surface area (Å²) < 4.78 is 7.33. The van der Waals surface area contributed by atoms with Gasteiger partial charge in [-0.25, -0.2) is 4.98 Å². The number of carbonyl (C=O) groups excluding carboxylic acids is 2. The fourth-order valence-corrected chi connectivity index (χ4v) is 3.65. The molecule has 0 aromatic carbocycles. The first-order valence-electron chi connectivity index (χ1n) is 9.22. The van der Waals surface area contributed by atoms with E-state index in [2.05, 4.69) is 15.2 Å². The molecule has 0 saturated carbocycles. The molecule has 1 aliphatic rings. The van der Waals surface area contributed by atoms with Gasteiger partial charge in [0.15, 0.2) is 11.5 Å². The Morgan fingerprint density at radius 3 is 3.00 bits per heavy atom. The Bertz CT molecular complexity index is 1000. The number of nitrogens with one attached hydrogen (secondary N) is 1. The van der Waals surface area contributed by atoms with Gasteiger partial charge in [-0.05, 0) is 31.9 Å². The molecular weight excluding hydrogens is 360 g/mol. The maximum Gasteiger partial charge on any atom is 0.274 e. The van der Waals surface area contributed by atoms with Crippen LogP contribution in [0.3, 0.4) is 0 Å². The third-order valence-corrected chi connectivity index (χ3v) is 4.95. The molecule has 0 spiro atoms. The van der Waals surface area contributed by atoms with Crippen LogP contribution in [0.25, 0.3) is 11.5 Å². The van der Waals surface area contributed by atoms with Crippen molar-refractivity contribution in [3.8, 4) is 11.5 Å². The van der Waals surface area contributed by atoms with Gasteiger partial charge in [0.2, 0.25) is 5.91 Å². The lowest BCUT2D eigenvalue weighted by atomic mass is 9.96. The van der Waals surface area contributed by atoms with Gasteiger partial charge in [0, 0.05) is 37.5 Å². The Labute approximate surface area is 161 Å². The minimum absolute atomic E-state index is 0.0539. The Balaban J connectivity index is 1.49. The summed E-state index contributed by atoms with van der Waals surface area (Å²) >= 11 is 0. The fraction of sp³-hybridized carbons (Fsp3) is 0.368. The van der Waals surface area contributed by atoms with E-state index in [9.17, 15) is 9.59 Å². The van der Waals surface area contributed by atoms with Crippen molar-refractivity contribution in [3.05, 3.63) is 47.9 Å². The number of H-pyrrole nitrogens is 1. The summed E-state index contributed by atoms with van der Waals surface area (Å²) in [5, 5.41) is 7.03. The summed E-state index contributed by atoms with van der Waals surface area (Å²) in [7, 11) is 0. The van der Waals surface area contributed by atoms with Crippen LogP contribution in [0.1, 0.15) is 40.8 Å². The smallest absolute Gasteiger partial charge is 0.274 e. The van der Waals surface area contributed by atoms with Crippen LogP contribution in [0.15, 0.2) is 35.0 Å². The first kappa shape index (κ1) is 18.0. The molecule has 9 nitrogen and oxygen atoms in total. The highest BCUT2D eigenvalue weighted by atomic mass is 16.3. The largest absolute Gasteiger partial charge is 0.460 e. The molecule has 9 heteroatoms.